The van der Waals surface area contributed by atoms with Gasteiger partial charge in [-0.3, -0.25) is 14.6 Å². The first-order chi connectivity index (χ1) is 11.6. The summed E-state index contributed by atoms with van der Waals surface area (Å²) in [4.78, 5) is 32.7. The third kappa shape index (κ3) is 2.35. The quantitative estimate of drug-likeness (QED) is 0.851. The van der Waals surface area contributed by atoms with E-state index in [0.717, 1.165) is 5.69 Å². The van der Waals surface area contributed by atoms with Gasteiger partial charge in [-0.15, -0.1) is 0 Å². The number of amides is 2. The van der Waals surface area contributed by atoms with E-state index in [2.05, 4.69) is 4.98 Å². The van der Waals surface area contributed by atoms with E-state index in [4.69, 9.17) is 0 Å². The zero-order chi connectivity index (χ0) is 16.7. The Kier molecular flexibility index (Phi) is 3.52. The van der Waals surface area contributed by atoms with Gasteiger partial charge in [-0.25, -0.2) is 4.39 Å². The van der Waals surface area contributed by atoms with Crippen LogP contribution in [0.15, 0.2) is 48.8 Å². The van der Waals surface area contributed by atoms with Gasteiger partial charge in [0.2, 0.25) is 5.91 Å². The number of halogens is 1. The predicted octanol–water partition coefficient (Wildman–Crippen LogP) is 2.24. The highest BCUT2D eigenvalue weighted by molar-refractivity contribution is 6.00. The van der Waals surface area contributed by atoms with Gasteiger partial charge in [-0.2, -0.15) is 0 Å². The number of aromatic nitrogens is 1. The number of pyridine rings is 1. The maximum atomic E-state index is 13.4. The summed E-state index contributed by atoms with van der Waals surface area (Å²) in [7, 11) is 0. The molecule has 0 aliphatic carbocycles. The Balaban J connectivity index is 1.60. The lowest BCUT2D eigenvalue weighted by Gasteiger charge is -2.25. The number of rotatable bonds is 2. The highest BCUT2D eigenvalue weighted by Crippen LogP contribution is 2.36. The Morgan fingerprint density at radius 3 is 2.83 bits per heavy atom. The van der Waals surface area contributed by atoms with Crippen molar-refractivity contribution in [1.29, 1.82) is 0 Å². The summed E-state index contributed by atoms with van der Waals surface area (Å²) in [6, 6.07) is 9.11. The normalized spacial score (nSPS) is 22.8. The van der Waals surface area contributed by atoms with Crippen molar-refractivity contribution in [3.05, 3.63) is 60.2 Å². The molecule has 0 unspecified atom stereocenters. The molecule has 24 heavy (non-hydrogen) atoms. The van der Waals surface area contributed by atoms with Gasteiger partial charge in [0.25, 0.3) is 5.91 Å². The molecule has 2 amide bonds. The second-order valence-corrected chi connectivity index (χ2v) is 6.11. The topological polar surface area (TPSA) is 53.5 Å². The standard InChI is InChI=1S/C18H16FN3O2/c19-13-4-1-3-12(9-13)18(24)21-8-6-15-16(21)10-17(23)22(15)14-5-2-7-20-11-14/h1-5,7,9,11,15-16H,6,8,10H2/t15-,16+/m1/s1. The summed E-state index contributed by atoms with van der Waals surface area (Å²) < 4.78 is 13.4. The highest BCUT2D eigenvalue weighted by atomic mass is 19.1. The van der Waals surface area contributed by atoms with Crippen LogP contribution in [0.3, 0.4) is 0 Å². The number of carbonyl (C=O) groups is 2. The van der Waals surface area contributed by atoms with Crippen molar-refractivity contribution in [2.45, 2.75) is 24.9 Å². The summed E-state index contributed by atoms with van der Waals surface area (Å²) in [6.07, 6.45) is 4.33. The third-order valence-corrected chi connectivity index (χ3v) is 4.75. The number of hydrogen-bond donors (Lipinski definition) is 0. The number of fused-ring (bicyclic) bond motifs is 1. The Morgan fingerprint density at radius 1 is 1.21 bits per heavy atom. The van der Waals surface area contributed by atoms with E-state index in [1.54, 1.807) is 34.3 Å². The van der Waals surface area contributed by atoms with Crippen molar-refractivity contribution >= 4 is 17.5 Å². The van der Waals surface area contributed by atoms with E-state index in [1.165, 1.54) is 18.2 Å². The Bertz CT molecular complexity index is 796. The Labute approximate surface area is 138 Å². The molecular formula is C18H16FN3O2. The highest BCUT2D eigenvalue weighted by Gasteiger charge is 2.49. The van der Waals surface area contributed by atoms with E-state index < -0.39 is 5.82 Å². The molecule has 5 nitrogen and oxygen atoms in total. The van der Waals surface area contributed by atoms with Crippen LogP contribution in [0.1, 0.15) is 23.2 Å². The molecule has 2 atom stereocenters. The summed E-state index contributed by atoms with van der Waals surface area (Å²) in [6.45, 7) is 0.564. The molecular weight excluding hydrogens is 309 g/mol. The summed E-state index contributed by atoms with van der Waals surface area (Å²) in [5.74, 6) is -0.659. The van der Waals surface area contributed by atoms with Gasteiger partial charge in [0.1, 0.15) is 5.82 Å². The molecule has 2 fully saturated rings. The van der Waals surface area contributed by atoms with Crippen LogP contribution < -0.4 is 4.90 Å². The fraction of sp³-hybridized carbons (Fsp3) is 0.278. The molecule has 0 radical (unpaired) electrons. The van der Waals surface area contributed by atoms with Gasteiger partial charge >= 0.3 is 0 Å². The average molecular weight is 325 g/mol. The van der Waals surface area contributed by atoms with Crippen LogP contribution in [0.4, 0.5) is 10.1 Å². The second-order valence-electron chi connectivity index (χ2n) is 6.11. The maximum Gasteiger partial charge on any atom is 0.254 e. The van der Waals surface area contributed by atoms with Crippen LogP contribution >= 0.6 is 0 Å². The summed E-state index contributed by atoms with van der Waals surface area (Å²) in [5.41, 5.74) is 1.08. The molecule has 0 saturated carbocycles. The zero-order valence-corrected chi connectivity index (χ0v) is 12.9. The molecule has 2 aliphatic rings. The number of likely N-dealkylation sites (tertiary alicyclic amines) is 1. The molecule has 122 valence electrons. The molecule has 0 bridgehead atoms. The van der Waals surface area contributed by atoms with Crippen LogP contribution in [0.5, 0.6) is 0 Å². The molecule has 2 aromatic rings. The monoisotopic (exact) mass is 325 g/mol. The minimum absolute atomic E-state index is 0.00487. The second kappa shape index (κ2) is 5.70. The SMILES string of the molecule is O=C(c1cccc(F)c1)N1CC[C@@H]2[C@@H]1CC(=O)N2c1cccnc1. The fourth-order valence-corrected chi connectivity index (χ4v) is 3.72. The number of carbonyl (C=O) groups excluding carboxylic acids is 2. The zero-order valence-electron chi connectivity index (χ0n) is 12.9. The predicted molar refractivity (Wildman–Crippen MR) is 86.0 cm³/mol. The maximum absolute atomic E-state index is 13.4. The van der Waals surface area contributed by atoms with Crippen molar-refractivity contribution in [1.82, 2.24) is 9.88 Å². The molecule has 1 aromatic heterocycles. The first-order valence-electron chi connectivity index (χ1n) is 7.94. The number of hydrogen-bond acceptors (Lipinski definition) is 3. The van der Waals surface area contributed by atoms with Gasteiger partial charge < -0.3 is 9.80 Å². The first-order valence-corrected chi connectivity index (χ1v) is 7.94. The molecule has 6 heteroatoms. The van der Waals surface area contributed by atoms with Crippen molar-refractivity contribution < 1.29 is 14.0 Å². The van der Waals surface area contributed by atoms with Gasteiger partial charge in [0, 0.05) is 24.7 Å². The smallest absolute Gasteiger partial charge is 0.254 e. The van der Waals surface area contributed by atoms with Crippen molar-refractivity contribution in [2.75, 3.05) is 11.4 Å². The molecule has 2 saturated heterocycles. The van der Waals surface area contributed by atoms with Gasteiger partial charge in [-0.05, 0) is 36.8 Å². The lowest BCUT2D eigenvalue weighted by Crippen LogP contribution is -2.40. The van der Waals surface area contributed by atoms with E-state index >= 15 is 0 Å². The van der Waals surface area contributed by atoms with Crippen LogP contribution in [0.25, 0.3) is 0 Å². The van der Waals surface area contributed by atoms with E-state index in [9.17, 15) is 14.0 Å². The summed E-state index contributed by atoms with van der Waals surface area (Å²) in [5, 5.41) is 0. The number of nitrogens with zero attached hydrogens (tertiary/aromatic N) is 3. The minimum Gasteiger partial charge on any atom is -0.333 e. The van der Waals surface area contributed by atoms with E-state index in [-0.39, 0.29) is 23.9 Å². The average Bonchev–Trinajstić information content (AvgIpc) is 3.12. The number of anilines is 1. The van der Waals surface area contributed by atoms with Gasteiger partial charge in [0.15, 0.2) is 0 Å². The molecule has 2 aliphatic heterocycles. The Hall–Kier alpha value is -2.76. The van der Waals surface area contributed by atoms with Gasteiger partial charge in [-0.1, -0.05) is 6.07 Å². The Morgan fingerprint density at radius 2 is 2.08 bits per heavy atom. The molecule has 1 aromatic carbocycles. The molecule has 3 heterocycles. The van der Waals surface area contributed by atoms with Crippen LogP contribution in [0.2, 0.25) is 0 Å². The fourth-order valence-electron chi connectivity index (χ4n) is 3.72. The van der Waals surface area contributed by atoms with Crippen molar-refractivity contribution in [3.63, 3.8) is 0 Å². The van der Waals surface area contributed by atoms with E-state index in [0.29, 0.717) is 24.9 Å². The molecule has 0 spiro atoms. The third-order valence-electron chi connectivity index (χ3n) is 4.75. The first kappa shape index (κ1) is 14.8. The lowest BCUT2D eigenvalue weighted by molar-refractivity contribution is -0.117. The van der Waals surface area contributed by atoms with Crippen molar-refractivity contribution in [2.24, 2.45) is 0 Å². The minimum atomic E-state index is -0.434. The summed E-state index contributed by atoms with van der Waals surface area (Å²) >= 11 is 0. The largest absolute Gasteiger partial charge is 0.333 e. The molecule has 4 rings (SSSR count). The lowest BCUT2D eigenvalue weighted by atomic mass is 10.1. The van der Waals surface area contributed by atoms with Crippen LogP contribution in [0, 0.1) is 5.82 Å². The van der Waals surface area contributed by atoms with E-state index in [1.807, 2.05) is 6.07 Å². The van der Waals surface area contributed by atoms with Crippen molar-refractivity contribution in [3.8, 4) is 0 Å². The molecule has 0 N–H and O–H groups in total. The number of benzene rings is 1. The van der Waals surface area contributed by atoms with Gasteiger partial charge in [0.05, 0.1) is 24.0 Å². The van der Waals surface area contributed by atoms with Crippen LogP contribution in [-0.2, 0) is 4.79 Å². The van der Waals surface area contributed by atoms with Crippen LogP contribution in [-0.4, -0.2) is 40.3 Å².